The van der Waals surface area contributed by atoms with Crippen molar-refractivity contribution >= 4 is 17.2 Å². The van der Waals surface area contributed by atoms with E-state index in [-0.39, 0.29) is 5.91 Å². The molecule has 0 aliphatic rings. The molecule has 0 radical (unpaired) electrons. The topological polar surface area (TPSA) is 46.4 Å². The summed E-state index contributed by atoms with van der Waals surface area (Å²) < 4.78 is 1.88. The number of pyridine rings is 1. The van der Waals surface area contributed by atoms with Gasteiger partial charge in [-0.25, -0.2) is 4.98 Å². The number of carbonyl (C=O) groups is 1. The van der Waals surface area contributed by atoms with Gasteiger partial charge in [0, 0.05) is 17.4 Å². The molecule has 1 amide bonds. The van der Waals surface area contributed by atoms with Crippen LogP contribution in [0.4, 0.5) is 5.69 Å². The average molecular weight is 369 g/mol. The molecular formula is C24H23N3O. The predicted molar refractivity (Wildman–Crippen MR) is 114 cm³/mol. The molecule has 0 atom stereocenters. The summed E-state index contributed by atoms with van der Waals surface area (Å²) in [6.45, 7) is 8.07. The van der Waals surface area contributed by atoms with E-state index >= 15 is 0 Å². The fourth-order valence-corrected chi connectivity index (χ4v) is 3.33. The number of nitrogens with one attached hydrogen (secondary N) is 1. The lowest BCUT2D eigenvalue weighted by Gasteiger charge is -2.11. The van der Waals surface area contributed by atoms with Crippen molar-refractivity contribution in [3.63, 3.8) is 0 Å². The molecule has 0 aliphatic heterocycles. The molecule has 0 bridgehead atoms. The van der Waals surface area contributed by atoms with Crippen LogP contribution in [0.15, 0.2) is 60.8 Å². The van der Waals surface area contributed by atoms with Crippen molar-refractivity contribution < 1.29 is 4.79 Å². The lowest BCUT2D eigenvalue weighted by atomic mass is 10.1. The highest BCUT2D eigenvalue weighted by Crippen LogP contribution is 2.27. The van der Waals surface area contributed by atoms with Crippen LogP contribution in [0.5, 0.6) is 0 Å². The summed E-state index contributed by atoms with van der Waals surface area (Å²) in [6.07, 6.45) is 1.96. The molecule has 0 unspecified atom stereocenters. The number of hydrogen-bond acceptors (Lipinski definition) is 2. The van der Waals surface area contributed by atoms with Gasteiger partial charge in [0.05, 0.1) is 0 Å². The molecular weight excluding hydrogens is 346 g/mol. The Balaban J connectivity index is 1.87. The Morgan fingerprint density at radius 1 is 0.857 bits per heavy atom. The van der Waals surface area contributed by atoms with Crippen molar-refractivity contribution in [2.75, 3.05) is 5.32 Å². The van der Waals surface area contributed by atoms with Gasteiger partial charge in [-0.1, -0.05) is 48.0 Å². The minimum atomic E-state index is -0.164. The van der Waals surface area contributed by atoms with Crippen LogP contribution in [-0.4, -0.2) is 15.3 Å². The van der Waals surface area contributed by atoms with E-state index in [9.17, 15) is 4.79 Å². The summed E-state index contributed by atoms with van der Waals surface area (Å²) >= 11 is 0. The molecule has 2 heterocycles. The lowest BCUT2D eigenvalue weighted by Crippen LogP contribution is -2.16. The molecule has 0 saturated carbocycles. The van der Waals surface area contributed by atoms with Crippen LogP contribution < -0.4 is 5.32 Å². The van der Waals surface area contributed by atoms with E-state index in [4.69, 9.17) is 4.98 Å². The zero-order valence-corrected chi connectivity index (χ0v) is 16.6. The van der Waals surface area contributed by atoms with E-state index in [1.54, 1.807) is 0 Å². The van der Waals surface area contributed by atoms with Gasteiger partial charge in [0.25, 0.3) is 5.91 Å². The number of aryl methyl sites for hydroxylation is 4. The Morgan fingerprint density at radius 3 is 2.29 bits per heavy atom. The first-order valence-electron chi connectivity index (χ1n) is 9.37. The molecule has 0 aliphatic carbocycles. The van der Waals surface area contributed by atoms with Gasteiger partial charge in [0.2, 0.25) is 0 Å². The smallest absolute Gasteiger partial charge is 0.274 e. The third kappa shape index (κ3) is 3.29. The Bertz CT molecular complexity index is 1190. The average Bonchev–Trinajstić information content (AvgIpc) is 3.04. The minimum absolute atomic E-state index is 0.164. The van der Waals surface area contributed by atoms with Gasteiger partial charge in [0.1, 0.15) is 17.0 Å². The first kappa shape index (κ1) is 18.0. The Morgan fingerprint density at radius 2 is 1.54 bits per heavy atom. The van der Waals surface area contributed by atoms with E-state index in [2.05, 4.69) is 5.32 Å². The largest absolute Gasteiger partial charge is 0.320 e. The molecule has 28 heavy (non-hydrogen) atoms. The number of amides is 1. The predicted octanol–water partition coefficient (Wildman–Crippen LogP) is 5.49. The summed E-state index contributed by atoms with van der Waals surface area (Å²) in [5.41, 5.74) is 8.12. The van der Waals surface area contributed by atoms with Gasteiger partial charge < -0.3 is 5.32 Å². The highest BCUT2D eigenvalue weighted by molar-refractivity contribution is 6.08. The molecule has 140 valence electrons. The van der Waals surface area contributed by atoms with Crippen LogP contribution in [-0.2, 0) is 0 Å². The third-order valence-electron chi connectivity index (χ3n) is 4.95. The van der Waals surface area contributed by atoms with Crippen LogP contribution in [0.3, 0.4) is 0 Å². The highest BCUT2D eigenvalue weighted by atomic mass is 16.2. The van der Waals surface area contributed by atoms with Crippen LogP contribution in [0.25, 0.3) is 16.9 Å². The quantitative estimate of drug-likeness (QED) is 0.519. The summed E-state index contributed by atoms with van der Waals surface area (Å²) in [7, 11) is 0. The first-order chi connectivity index (χ1) is 13.4. The van der Waals surface area contributed by atoms with Crippen LogP contribution in [0.2, 0.25) is 0 Å². The number of benzene rings is 2. The van der Waals surface area contributed by atoms with Crippen molar-refractivity contribution in [2.45, 2.75) is 27.7 Å². The monoisotopic (exact) mass is 369 g/mol. The third-order valence-corrected chi connectivity index (χ3v) is 4.95. The second kappa shape index (κ2) is 6.97. The van der Waals surface area contributed by atoms with E-state index in [0.29, 0.717) is 11.4 Å². The Kier molecular flexibility index (Phi) is 4.47. The fraction of sp³-hybridized carbons (Fsp3) is 0.167. The standard InChI is InChI=1S/C24H23N3O/c1-15-6-10-19(11-7-15)22-23(27-14-17(3)8-12-21(27)26-22)24(28)25-20-13-16(2)5-9-18(20)4/h5-14H,1-4H3,(H,25,28). The summed E-state index contributed by atoms with van der Waals surface area (Å²) in [6, 6.07) is 18.1. The summed E-state index contributed by atoms with van der Waals surface area (Å²) in [5.74, 6) is -0.164. The van der Waals surface area contributed by atoms with Crippen molar-refractivity contribution in [3.8, 4) is 11.3 Å². The molecule has 0 fully saturated rings. The maximum Gasteiger partial charge on any atom is 0.274 e. The number of anilines is 1. The van der Waals surface area contributed by atoms with E-state index < -0.39 is 0 Å². The van der Waals surface area contributed by atoms with Gasteiger partial charge in [-0.2, -0.15) is 0 Å². The highest BCUT2D eigenvalue weighted by Gasteiger charge is 2.21. The van der Waals surface area contributed by atoms with Crippen LogP contribution >= 0.6 is 0 Å². The van der Waals surface area contributed by atoms with Gasteiger partial charge in [0.15, 0.2) is 0 Å². The maximum atomic E-state index is 13.4. The SMILES string of the molecule is Cc1ccc(-c2nc3ccc(C)cn3c2C(=O)Nc2cc(C)ccc2C)cc1. The second-order valence-electron chi connectivity index (χ2n) is 7.38. The molecule has 4 aromatic rings. The van der Waals surface area contributed by atoms with Gasteiger partial charge in [-0.3, -0.25) is 9.20 Å². The van der Waals surface area contributed by atoms with Crippen molar-refractivity contribution in [1.29, 1.82) is 0 Å². The number of hydrogen-bond donors (Lipinski definition) is 1. The molecule has 2 aromatic heterocycles. The van der Waals surface area contributed by atoms with E-state index in [0.717, 1.165) is 33.6 Å². The number of fused-ring (bicyclic) bond motifs is 1. The van der Waals surface area contributed by atoms with Crippen molar-refractivity contribution in [1.82, 2.24) is 9.38 Å². The number of carbonyl (C=O) groups excluding carboxylic acids is 1. The van der Waals surface area contributed by atoms with Gasteiger partial charge in [-0.05, 0) is 56.5 Å². The first-order valence-corrected chi connectivity index (χ1v) is 9.37. The molecule has 2 aromatic carbocycles. The van der Waals surface area contributed by atoms with E-state index in [1.807, 2.05) is 92.9 Å². The van der Waals surface area contributed by atoms with Gasteiger partial charge >= 0.3 is 0 Å². The minimum Gasteiger partial charge on any atom is -0.320 e. The van der Waals surface area contributed by atoms with E-state index in [1.165, 1.54) is 5.56 Å². The number of nitrogens with zero attached hydrogens (tertiary/aromatic N) is 2. The number of aromatic nitrogens is 2. The molecule has 4 rings (SSSR count). The summed E-state index contributed by atoms with van der Waals surface area (Å²) in [4.78, 5) is 18.1. The molecule has 4 nitrogen and oxygen atoms in total. The second-order valence-corrected chi connectivity index (χ2v) is 7.38. The maximum absolute atomic E-state index is 13.4. The lowest BCUT2D eigenvalue weighted by molar-refractivity contribution is 0.102. The molecule has 0 spiro atoms. The Labute approximate surface area is 164 Å². The van der Waals surface area contributed by atoms with Gasteiger partial charge in [-0.15, -0.1) is 0 Å². The zero-order chi connectivity index (χ0) is 19.8. The van der Waals surface area contributed by atoms with Crippen molar-refractivity contribution in [2.24, 2.45) is 0 Å². The molecule has 4 heteroatoms. The Hall–Kier alpha value is -3.40. The molecule has 1 N–H and O–H groups in total. The van der Waals surface area contributed by atoms with Crippen LogP contribution in [0, 0.1) is 27.7 Å². The van der Waals surface area contributed by atoms with Crippen LogP contribution in [0.1, 0.15) is 32.7 Å². The normalized spacial score (nSPS) is 11.0. The van der Waals surface area contributed by atoms with Crippen molar-refractivity contribution in [3.05, 3.63) is 88.7 Å². The zero-order valence-electron chi connectivity index (χ0n) is 16.6. The number of imidazole rings is 1. The fourth-order valence-electron chi connectivity index (χ4n) is 3.33. The molecule has 0 saturated heterocycles. The number of rotatable bonds is 3. The summed E-state index contributed by atoms with van der Waals surface area (Å²) in [5, 5.41) is 3.09.